The Kier molecular flexibility index (Phi) is 4.87. The van der Waals surface area contributed by atoms with E-state index in [1.54, 1.807) is 6.66 Å². The van der Waals surface area contributed by atoms with Crippen molar-refractivity contribution in [2.24, 2.45) is 5.92 Å². The minimum Gasteiger partial charge on any atom is -0.310 e. The predicted molar refractivity (Wildman–Crippen MR) is 98.8 cm³/mol. The summed E-state index contributed by atoms with van der Waals surface area (Å²) in [4.78, 5) is 13.2. The van der Waals surface area contributed by atoms with Crippen molar-refractivity contribution in [3.8, 4) is 0 Å². The largest absolute Gasteiger partial charge is 0.310 e. The number of carbonyl (C=O) groups is 1. The van der Waals surface area contributed by atoms with E-state index in [1.165, 1.54) is 0 Å². The Morgan fingerprint density at radius 1 is 1.09 bits per heavy atom. The third-order valence-corrected chi connectivity index (χ3v) is 7.23. The highest BCUT2D eigenvalue weighted by Gasteiger charge is 2.36. The first-order chi connectivity index (χ1) is 10.6. The fourth-order valence-corrected chi connectivity index (χ4v) is 6.56. The third-order valence-electron chi connectivity index (χ3n) is 4.65. The average Bonchev–Trinajstić information content (AvgIpc) is 2.35. The zero-order chi connectivity index (χ0) is 17.5. The molecule has 124 valence electrons. The van der Waals surface area contributed by atoms with Crippen LogP contribution in [0.4, 0.5) is 0 Å². The average molecular weight is 330 g/mol. The summed E-state index contributed by atoms with van der Waals surface area (Å²) in [5.74, 6) is 0.441. The van der Waals surface area contributed by atoms with E-state index in [2.05, 4.69) is 13.0 Å². The molecular formula is C20H27O2P. The van der Waals surface area contributed by atoms with Gasteiger partial charge in [-0.15, -0.1) is 0 Å². The van der Waals surface area contributed by atoms with Crippen LogP contribution in [0.1, 0.15) is 54.2 Å². The van der Waals surface area contributed by atoms with Crippen molar-refractivity contribution in [3.05, 3.63) is 56.9 Å². The number of carbonyl (C=O) groups excluding carboxylic acids is 1. The summed E-state index contributed by atoms with van der Waals surface area (Å²) in [6, 6.07) is 3.99. The van der Waals surface area contributed by atoms with Gasteiger partial charge >= 0.3 is 0 Å². The monoisotopic (exact) mass is 330 g/mol. The van der Waals surface area contributed by atoms with Gasteiger partial charge in [0, 0.05) is 17.5 Å². The van der Waals surface area contributed by atoms with E-state index < -0.39 is 7.14 Å². The van der Waals surface area contributed by atoms with E-state index in [0.29, 0.717) is 11.5 Å². The van der Waals surface area contributed by atoms with Gasteiger partial charge in [-0.2, -0.15) is 0 Å². The van der Waals surface area contributed by atoms with Gasteiger partial charge in [0.05, 0.1) is 0 Å². The van der Waals surface area contributed by atoms with Gasteiger partial charge in [-0.3, -0.25) is 4.79 Å². The number of aryl methyl sites for hydroxylation is 3. The highest BCUT2D eigenvalue weighted by atomic mass is 31.2. The second-order valence-electron chi connectivity index (χ2n) is 7.16. The molecule has 0 aliphatic heterocycles. The van der Waals surface area contributed by atoms with Crippen LogP contribution in [-0.2, 0) is 4.57 Å². The molecule has 0 bridgehead atoms. The summed E-state index contributed by atoms with van der Waals surface area (Å²) in [6.07, 6.45) is 3.02. The molecule has 0 N–H and O–H groups in total. The molecule has 0 fully saturated rings. The molecule has 0 amide bonds. The molecule has 0 saturated heterocycles. The van der Waals surface area contributed by atoms with Crippen LogP contribution in [0.15, 0.2) is 34.7 Å². The van der Waals surface area contributed by atoms with Crippen molar-refractivity contribution >= 4 is 12.7 Å². The van der Waals surface area contributed by atoms with Gasteiger partial charge in [0.15, 0.2) is 7.14 Å². The Balaban J connectivity index is 2.57. The van der Waals surface area contributed by atoms with E-state index in [4.69, 9.17) is 0 Å². The molecule has 1 aromatic carbocycles. The first-order valence-corrected chi connectivity index (χ1v) is 10.3. The first-order valence-electron chi connectivity index (χ1n) is 8.15. The Labute approximate surface area is 140 Å². The van der Waals surface area contributed by atoms with E-state index in [9.17, 15) is 9.36 Å². The minimum atomic E-state index is -3.12. The Hall–Kier alpha value is -1.40. The Morgan fingerprint density at radius 2 is 1.61 bits per heavy atom. The second-order valence-corrected chi connectivity index (χ2v) is 9.86. The number of benzene rings is 1. The number of hydrogen-bond donors (Lipinski definition) is 0. The van der Waals surface area contributed by atoms with Crippen LogP contribution >= 0.6 is 7.14 Å². The van der Waals surface area contributed by atoms with E-state index in [0.717, 1.165) is 39.6 Å². The lowest BCUT2D eigenvalue weighted by molar-refractivity contribution is 0.107. The summed E-state index contributed by atoms with van der Waals surface area (Å²) in [5.41, 5.74) is 5.48. The molecular weight excluding hydrogens is 303 g/mol. The summed E-state index contributed by atoms with van der Waals surface area (Å²) >= 11 is 0. The van der Waals surface area contributed by atoms with Crippen LogP contribution in [0.2, 0.25) is 0 Å². The molecule has 2 rings (SSSR count). The third kappa shape index (κ3) is 3.28. The summed E-state index contributed by atoms with van der Waals surface area (Å²) in [7, 11) is -3.12. The van der Waals surface area contributed by atoms with Gasteiger partial charge in [0.2, 0.25) is 5.52 Å². The lowest BCUT2D eigenvalue weighted by Gasteiger charge is -2.26. The molecule has 23 heavy (non-hydrogen) atoms. The van der Waals surface area contributed by atoms with Crippen molar-refractivity contribution in [1.82, 2.24) is 0 Å². The topological polar surface area (TPSA) is 34.1 Å². The Morgan fingerprint density at radius 3 is 2.09 bits per heavy atom. The molecule has 1 aliphatic rings. The molecule has 0 radical (unpaired) electrons. The van der Waals surface area contributed by atoms with Crippen LogP contribution in [0.5, 0.6) is 0 Å². The van der Waals surface area contributed by atoms with Crippen LogP contribution < -0.4 is 0 Å². The summed E-state index contributed by atoms with van der Waals surface area (Å²) in [6.45, 7) is 13.7. The predicted octanol–water partition coefficient (Wildman–Crippen LogP) is 6.01. The lowest BCUT2D eigenvalue weighted by Crippen LogP contribution is -2.12. The number of allylic oxidation sites excluding steroid dienone is 4. The second kappa shape index (κ2) is 6.24. The minimum absolute atomic E-state index is 0.204. The van der Waals surface area contributed by atoms with Crippen molar-refractivity contribution in [1.29, 1.82) is 0 Å². The molecule has 0 heterocycles. The summed E-state index contributed by atoms with van der Waals surface area (Å²) in [5, 5.41) is 0.792. The highest BCUT2D eigenvalue weighted by Crippen LogP contribution is 2.59. The molecule has 0 spiro atoms. The number of hydrogen-bond acceptors (Lipinski definition) is 2. The Bertz CT molecular complexity index is 758. The lowest BCUT2D eigenvalue weighted by atomic mass is 9.93. The fourth-order valence-electron chi connectivity index (χ4n) is 4.01. The molecule has 1 aliphatic carbocycles. The zero-order valence-electron chi connectivity index (χ0n) is 15.3. The van der Waals surface area contributed by atoms with Crippen molar-refractivity contribution < 1.29 is 9.36 Å². The van der Waals surface area contributed by atoms with Crippen molar-refractivity contribution in [2.75, 3.05) is 6.66 Å². The highest BCUT2D eigenvalue weighted by molar-refractivity contribution is 7.84. The van der Waals surface area contributed by atoms with E-state index >= 15 is 0 Å². The van der Waals surface area contributed by atoms with Gasteiger partial charge in [0.25, 0.3) is 0 Å². The van der Waals surface area contributed by atoms with Gasteiger partial charge in [-0.05, 0) is 63.7 Å². The van der Waals surface area contributed by atoms with Gasteiger partial charge in [-0.25, -0.2) is 0 Å². The van der Waals surface area contributed by atoms with E-state index in [-0.39, 0.29) is 5.52 Å². The van der Waals surface area contributed by atoms with Crippen LogP contribution in [0.3, 0.4) is 0 Å². The zero-order valence-corrected chi connectivity index (χ0v) is 16.2. The molecule has 2 nitrogen and oxygen atoms in total. The van der Waals surface area contributed by atoms with Gasteiger partial charge < -0.3 is 4.57 Å². The molecule has 3 heteroatoms. The van der Waals surface area contributed by atoms with Crippen LogP contribution in [-0.4, -0.2) is 12.2 Å². The van der Waals surface area contributed by atoms with Crippen molar-refractivity contribution in [2.45, 2.75) is 48.0 Å². The maximum Gasteiger partial charge on any atom is 0.225 e. The molecule has 0 saturated carbocycles. The summed E-state index contributed by atoms with van der Waals surface area (Å²) < 4.78 is 13.5. The van der Waals surface area contributed by atoms with Gasteiger partial charge in [-0.1, -0.05) is 36.3 Å². The molecule has 2 unspecified atom stereocenters. The molecule has 1 aromatic rings. The molecule has 2 atom stereocenters. The van der Waals surface area contributed by atoms with Gasteiger partial charge in [0.1, 0.15) is 0 Å². The fraction of sp³-hybridized carbons (Fsp3) is 0.450. The first kappa shape index (κ1) is 17.9. The van der Waals surface area contributed by atoms with Crippen LogP contribution in [0, 0.1) is 26.7 Å². The van der Waals surface area contributed by atoms with E-state index in [1.807, 2.05) is 46.8 Å². The number of rotatable bonds is 3. The SMILES string of the molecule is CC1=CC(C)CC(C)=C1P(C)(=O)C(=O)c1c(C)cc(C)cc1C. The quantitative estimate of drug-likeness (QED) is 0.636. The maximum absolute atomic E-state index is 13.5. The molecule has 0 aromatic heterocycles. The van der Waals surface area contributed by atoms with Crippen LogP contribution in [0.25, 0.3) is 0 Å². The normalized spacial score (nSPS) is 21.0. The maximum atomic E-state index is 13.5. The van der Waals surface area contributed by atoms with Crippen molar-refractivity contribution in [3.63, 3.8) is 0 Å². The smallest absolute Gasteiger partial charge is 0.225 e. The standard InChI is InChI=1S/C20H27O2P/c1-12-8-14(3)18(15(4)9-12)20(21)23(7,22)19-16(5)10-13(2)11-17(19)6/h8-10,13H,11H2,1-7H3.